The minimum atomic E-state index is -0.309. The van der Waals surface area contributed by atoms with Gasteiger partial charge in [-0.05, 0) is 72.6 Å². The first-order chi connectivity index (χ1) is 15.1. The maximum absolute atomic E-state index is 13.0. The Balaban J connectivity index is 1.19. The van der Waals surface area contributed by atoms with Gasteiger partial charge in [-0.15, -0.1) is 11.3 Å². The SMILES string of the molecule is O=C(CCCN1CCC2(CC1)OC(c1cccs1)c1ccccc12)c1ccc(F)cc1. The molecule has 0 aliphatic carbocycles. The second-order valence-corrected chi connectivity index (χ2v) is 9.45. The molecule has 0 amide bonds. The number of fused-ring (bicyclic) bond motifs is 2. The van der Waals surface area contributed by atoms with Gasteiger partial charge in [-0.3, -0.25) is 4.79 Å². The maximum atomic E-state index is 13.0. The minimum Gasteiger partial charge on any atom is -0.357 e. The summed E-state index contributed by atoms with van der Waals surface area (Å²) >= 11 is 1.76. The predicted molar refractivity (Wildman–Crippen MR) is 121 cm³/mol. The van der Waals surface area contributed by atoms with Crippen molar-refractivity contribution in [1.82, 2.24) is 4.90 Å². The Morgan fingerprint density at radius 2 is 1.84 bits per heavy atom. The first kappa shape index (κ1) is 20.6. The summed E-state index contributed by atoms with van der Waals surface area (Å²) in [6, 6.07) is 18.8. The first-order valence-corrected chi connectivity index (χ1v) is 11.8. The van der Waals surface area contributed by atoms with Gasteiger partial charge in [0, 0.05) is 30.0 Å². The molecule has 1 saturated heterocycles. The molecule has 5 rings (SSSR count). The number of hydrogen-bond donors (Lipinski definition) is 0. The molecule has 0 N–H and O–H groups in total. The molecule has 2 aliphatic rings. The standard InChI is InChI=1S/C26H26FNO2S/c27-20-11-9-19(10-12-20)23(29)7-3-15-28-16-13-26(14-17-28)22-6-2-1-5-21(22)25(30-26)24-8-4-18-31-24/h1-2,4-6,8-12,18,25H,3,7,13-17H2. The van der Waals surface area contributed by atoms with E-state index in [9.17, 15) is 9.18 Å². The summed E-state index contributed by atoms with van der Waals surface area (Å²) in [5.74, 6) is -0.226. The largest absolute Gasteiger partial charge is 0.357 e. The Morgan fingerprint density at radius 3 is 2.58 bits per heavy atom. The number of likely N-dealkylation sites (tertiary alicyclic amines) is 1. The summed E-state index contributed by atoms with van der Waals surface area (Å²) in [4.78, 5) is 16.0. The number of carbonyl (C=O) groups excluding carboxylic acids is 1. The Hall–Kier alpha value is -2.34. The molecule has 3 aromatic rings. The fourth-order valence-electron chi connectivity index (χ4n) is 4.91. The van der Waals surface area contributed by atoms with Crippen LogP contribution in [0.25, 0.3) is 0 Å². The molecular weight excluding hydrogens is 409 g/mol. The lowest BCUT2D eigenvalue weighted by molar-refractivity contribution is -0.0959. The average molecular weight is 436 g/mol. The molecule has 1 fully saturated rings. The van der Waals surface area contributed by atoms with E-state index in [1.807, 2.05) is 0 Å². The van der Waals surface area contributed by atoms with Crippen LogP contribution in [-0.2, 0) is 10.3 Å². The zero-order valence-electron chi connectivity index (χ0n) is 17.4. The van der Waals surface area contributed by atoms with Crippen LogP contribution in [-0.4, -0.2) is 30.3 Å². The number of hydrogen-bond acceptors (Lipinski definition) is 4. The maximum Gasteiger partial charge on any atom is 0.162 e. The van der Waals surface area contributed by atoms with E-state index in [2.05, 4.69) is 46.7 Å². The Morgan fingerprint density at radius 1 is 1.06 bits per heavy atom. The van der Waals surface area contributed by atoms with Crippen LogP contribution >= 0.6 is 11.3 Å². The number of ketones is 1. The van der Waals surface area contributed by atoms with Crippen LogP contribution < -0.4 is 0 Å². The molecule has 0 bridgehead atoms. The summed E-state index contributed by atoms with van der Waals surface area (Å²) in [6.07, 6.45) is 3.29. The normalized spacial score (nSPS) is 20.1. The van der Waals surface area contributed by atoms with Gasteiger partial charge in [0.25, 0.3) is 0 Å². The molecule has 2 aromatic carbocycles. The van der Waals surface area contributed by atoms with E-state index >= 15 is 0 Å². The van der Waals surface area contributed by atoms with Crippen LogP contribution in [0.3, 0.4) is 0 Å². The van der Waals surface area contributed by atoms with Crippen molar-refractivity contribution in [1.29, 1.82) is 0 Å². The van der Waals surface area contributed by atoms with E-state index in [1.165, 1.54) is 28.1 Å². The zero-order valence-corrected chi connectivity index (χ0v) is 18.2. The highest BCUT2D eigenvalue weighted by molar-refractivity contribution is 7.10. The van der Waals surface area contributed by atoms with Gasteiger partial charge < -0.3 is 9.64 Å². The first-order valence-electron chi connectivity index (χ1n) is 11.0. The predicted octanol–water partition coefficient (Wildman–Crippen LogP) is 5.96. The lowest BCUT2D eigenvalue weighted by atomic mass is 9.83. The van der Waals surface area contributed by atoms with Crippen molar-refractivity contribution in [3.8, 4) is 0 Å². The number of thiophene rings is 1. The summed E-state index contributed by atoms with van der Waals surface area (Å²) in [5.41, 5.74) is 3.04. The van der Waals surface area contributed by atoms with Gasteiger partial charge in [0.15, 0.2) is 5.78 Å². The monoisotopic (exact) mass is 435 g/mol. The van der Waals surface area contributed by atoms with Crippen molar-refractivity contribution >= 4 is 17.1 Å². The molecule has 2 aliphatic heterocycles. The van der Waals surface area contributed by atoms with Gasteiger partial charge in [0.2, 0.25) is 0 Å². The van der Waals surface area contributed by atoms with E-state index in [0.29, 0.717) is 12.0 Å². The Bertz CT molecular complexity index is 1040. The fourth-order valence-corrected chi connectivity index (χ4v) is 5.68. The quantitative estimate of drug-likeness (QED) is 0.447. The molecule has 3 nitrogen and oxygen atoms in total. The van der Waals surface area contributed by atoms with E-state index in [0.717, 1.165) is 38.9 Å². The number of halogens is 1. The fraction of sp³-hybridized carbons (Fsp3) is 0.346. The van der Waals surface area contributed by atoms with E-state index in [1.54, 1.807) is 23.5 Å². The summed E-state index contributed by atoms with van der Waals surface area (Å²) in [5, 5.41) is 2.11. The van der Waals surface area contributed by atoms with Crippen molar-refractivity contribution < 1.29 is 13.9 Å². The molecule has 1 spiro atoms. The lowest BCUT2D eigenvalue weighted by Crippen LogP contribution is -2.43. The van der Waals surface area contributed by atoms with Gasteiger partial charge in [-0.1, -0.05) is 30.3 Å². The van der Waals surface area contributed by atoms with Crippen molar-refractivity contribution in [2.75, 3.05) is 19.6 Å². The second-order valence-electron chi connectivity index (χ2n) is 8.47. The molecule has 31 heavy (non-hydrogen) atoms. The van der Waals surface area contributed by atoms with Crippen LogP contribution in [0.2, 0.25) is 0 Å². The van der Waals surface area contributed by atoms with Gasteiger partial charge in [0.1, 0.15) is 11.9 Å². The van der Waals surface area contributed by atoms with Gasteiger partial charge in [0.05, 0.1) is 5.60 Å². The van der Waals surface area contributed by atoms with Crippen molar-refractivity contribution in [3.05, 3.63) is 93.4 Å². The summed E-state index contributed by atoms with van der Waals surface area (Å²) in [7, 11) is 0. The zero-order chi connectivity index (χ0) is 21.3. The van der Waals surface area contributed by atoms with Crippen LogP contribution in [0.1, 0.15) is 58.1 Å². The average Bonchev–Trinajstić information content (AvgIpc) is 3.43. The number of Topliss-reactive ketones (excluding diaryl/α,β-unsaturated/α-hetero) is 1. The molecule has 0 saturated carbocycles. The Labute approximate surface area is 186 Å². The second kappa shape index (κ2) is 8.65. The lowest BCUT2D eigenvalue weighted by Gasteiger charge is -2.39. The molecule has 1 atom stereocenters. The number of nitrogens with zero attached hydrogens (tertiary/aromatic N) is 1. The number of benzene rings is 2. The molecule has 160 valence electrons. The van der Waals surface area contributed by atoms with Crippen LogP contribution in [0, 0.1) is 5.82 Å². The highest BCUT2D eigenvalue weighted by atomic mass is 32.1. The number of carbonyl (C=O) groups is 1. The molecule has 5 heteroatoms. The number of ether oxygens (including phenoxy) is 1. The Kier molecular flexibility index (Phi) is 5.74. The number of piperidine rings is 1. The third kappa shape index (κ3) is 4.10. The van der Waals surface area contributed by atoms with Crippen LogP contribution in [0.15, 0.2) is 66.0 Å². The van der Waals surface area contributed by atoms with Crippen molar-refractivity contribution in [3.63, 3.8) is 0 Å². The van der Waals surface area contributed by atoms with E-state index < -0.39 is 0 Å². The van der Waals surface area contributed by atoms with E-state index in [4.69, 9.17) is 4.74 Å². The topological polar surface area (TPSA) is 29.5 Å². The third-order valence-electron chi connectivity index (χ3n) is 6.59. The minimum absolute atomic E-state index is 0.0380. The van der Waals surface area contributed by atoms with E-state index in [-0.39, 0.29) is 23.3 Å². The van der Waals surface area contributed by atoms with Gasteiger partial charge in [-0.2, -0.15) is 0 Å². The molecule has 0 radical (unpaired) electrons. The molecule has 3 heterocycles. The number of rotatable bonds is 6. The van der Waals surface area contributed by atoms with Crippen molar-refractivity contribution in [2.24, 2.45) is 0 Å². The third-order valence-corrected chi connectivity index (χ3v) is 7.50. The van der Waals surface area contributed by atoms with Gasteiger partial charge >= 0.3 is 0 Å². The van der Waals surface area contributed by atoms with Crippen molar-refractivity contribution in [2.45, 2.75) is 37.4 Å². The smallest absolute Gasteiger partial charge is 0.162 e. The summed E-state index contributed by atoms with van der Waals surface area (Å²) in [6.45, 7) is 2.84. The molecule has 1 aromatic heterocycles. The van der Waals surface area contributed by atoms with Gasteiger partial charge in [-0.25, -0.2) is 4.39 Å². The highest BCUT2D eigenvalue weighted by Gasteiger charge is 2.47. The summed E-state index contributed by atoms with van der Waals surface area (Å²) < 4.78 is 19.8. The molecule has 1 unspecified atom stereocenters. The van der Waals surface area contributed by atoms with Crippen LogP contribution in [0.4, 0.5) is 4.39 Å². The highest BCUT2D eigenvalue weighted by Crippen LogP contribution is 2.51. The molecular formula is C26H26FNO2S. The van der Waals surface area contributed by atoms with Crippen LogP contribution in [0.5, 0.6) is 0 Å².